The number of hydrogen-bond donors (Lipinski definition) is 1. The lowest BCUT2D eigenvalue weighted by Gasteiger charge is -2.07. The highest BCUT2D eigenvalue weighted by Crippen LogP contribution is 2.41. The van der Waals surface area contributed by atoms with Crippen LogP contribution in [0.5, 0.6) is 0 Å². The van der Waals surface area contributed by atoms with Crippen molar-refractivity contribution in [2.45, 2.75) is 0 Å². The second-order valence-corrected chi connectivity index (χ2v) is 4.31. The van der Waals surface area contributed by atoms with Gasteiger partial charge in [-0.15, -0.1) is 23.2 Å². The van der Waals surface area contributed by atoms with E-state index in [0.717, 1.165) is 0 Å². The first-order valence-corrected chi connectivity index (χ1v) is 5.54. The Bertz CT molecular complexity index is 130. The van der Waals surface area contributed by atoms with Crippen molar-refractivity contribution in [3.63, 3.8) is 0 Å². The third kappa shape index (κ3) is 5.51. The van der Waals surface area contributed by atoms with Crippen LogP contribution in [0.15, 0.2) is 0 Å². The molecule has 1 unspecified atom stereocenters. The van der Waals surface area contributed by atoms with Crippen LogP contribution in [0, 0.1) is 0 Å². The first-order chi connectivity index (χ1) is 4.62. The molecule has 10 heavy (non-hydrogen) atoms. The summed E-state index contributed by atoms with van der Waals surface area (Å²) in [6, 6.07) is 0. The largest absolute Gasteiger partial charge is 0.329 e. The first-order valence-electron chi connectivity index (χ1n) is 2.70. The molecule has 1 atom stereocenters. The van der Waals surface area contributed by atoms with Crippen molar-refractivity contribution in [3.8, 4) is 0 Å². The van der Waals surface area contributed by atoms with Crippen LogP contribution >= 0.6 is 30.8 Å². The summed E-state index contributed by atoms with van der Waals surface area (Å²) < 4.78 is 15.3. The molecule has 0 heterocycles. The summed E-state index contributed by atoms with van der Waals surface area (Å²) in [5, 5.41) is 0. The van der Waals surface area contributed by atoms with Crippen LogP contribution in [-0.4, -0.2) is 29.4 Å². The molecule has 6 heteroatoms. The Hall–Kier alpha value is 0.730. The fourth-order valence-electron chi connectivity index (χ4n) is 0.348. The van der Waals surface area contributed by atoms with E-state index in [1.54, 1.807) is 0 Å². The molecule has 1 N–H and O–H groups in total. The number of alkyl halides is 2. The van der Waals surface area contributed by atoms with Crippen molar-refractivity contribution in [1.82, 2.24) is 0 Å². The molecule has 0 bridgehead atoms. The summed E-state index contributed by atoms with van der Waals surface area (Å²) in [6.07, 6.45) is -0.0224. The van der Waals surface area contributed by atoms with E-state index in [0.29, 0.717) is 0 Å². The molecule has 0 aliphatic carbocycles. The molecule has 0 aromatic carbocycles. The van der Waals surface area contributed by atoms with E-state index in [2.05, 4.69) is 4.52 Å². The zero-order valence-electron chi connectivity index (χ0n) is 5.30. The van der Waals surface area contributed by atoms with E-state index in [-0.39, 0.29) is 24.5 Å². The molecule has 62 valence electrons. The van der Waals surface area contributed by atoms with E-state index in [1.807, 2.05) is 0 Å². The van der Waals surface area contributed by atoms with Gasteiger partial charge in [0.05, 0.1) is 12.8 Å². The van der Waals surface area contributed by atoms with Crippen LogP contribution in [-0.2, 0) is 9.09 Å². The lowest BCUT2D eigenvalue weighted by molar-refractivity contribution is 0.276. The maximum Gasteiger partial charge on any atom is 0.329 e. The zero-order chi connectivity index (χ0) is 8.04. The summed E-state index contributed by atoms with van der Waals surface area (Å²) >= 11 is 10.4. The fourth-order valence-corrected chi connectivity index (χ4v) is 1.89. The summed E-state index contributed by atoms with van der Waals surface area (Å²) in [5.41, 5.74) is 0. The monoisotopic (exact) mass is 206 g/mol. The second-order valence-electron chi connectivity index (χ2n) is 1.57. The highest BCUT2D eigenvalue weighted by Gasteiger charge is 2.16. The van der Waals surface area contributed by atoms with Crippen LogP contribution < -0.4 is 0 Å². The van der Waals surface area contributed by atoms with E-state index in [4.69, 9.17) is 28.1 Å². The van der Waals surface area contributed by atoms with Gasteiger partial charge in [-0.3, -0.25) is 4.57 Å². The molecular weight excluding hydrogens is 198 g/mol. The molecule has 0 aliphatic heterocycles. The van der Waals surface area contributed by atoms with Gasteiger partial charge in [0.25, 0.3) is 0 Å². The van der Waals surface area contributed by atoms with Crippen molar-refractivity contribution in [2.75, 3.05) is 24.5 Å². The van der Waals surface area contributed by atoms with Crippen LogP contribution in [0.25, 0.3) is 0 Å². The van der Waals surface area contributed by atoms with E-state index in [9.17, 15) is 4.57 Å². The zero-order valence-corrected chi connectivity index (χ0v) is 7.70. The normalized spacial score (nSPS) is 16.7. The van der Waals surface area contributed by atoms with Gasteiger partial charge in [-0.05, 0) is 0 Å². The van der Waals surface area contributed by atoms with Gasteiger partial charge in [0.1, 0.15) is 0 Å². The van der Waals surface area contributed by atoms with Gasteiger partial charge in [-0.1, -0.05) is 0 Å². The molecule has 0 aromatic heterocycles. The predicted molar refractivity (Wildman–Crippen MR) is 42.1 cm³/mol. The average Bonchev–Trinajstić information content (AvgIpc) is 1.84. The molecule has 0 rings (SSSR count). The minimum atomic E-state index is -3.43. The highest BCUT2D eigenvalue weighted by atomic mass is 35.5. The number of halogens is 2. The SMILES string of the molecule is O=P(O)(CCCl)OCCCl. The summed E-state index contributed by atoms with van der Waals surface area (Å²) in [5.74, 6) is 0.336. The quantitative estimate of drug-likeness (QED) is 0.550. The predicted octanol–water partition coefficient (Wildman–Crippen LogP) is 1.67. The van der Waals surface area contributed by atoms with Gasteiger partial charge in [-0.2, -0.15) is 0 Å². The van der Waals surface area contributed by atoms with Crippen LogP contribution in [0.2, 0.25) is 0 Å². The summed E-state index contributed by atoms with van der Waals surface area (Å²) in [7, 11) is -3.43. The molecule has 0 aliphatic rings. The van der Waals surface area contributed by atoms with Gasteiger partial charge in [0.2, 0.25) is 0 Å². The van der Waals surface area contributed by atoms with Crippen molar-refractivity contribution >= 4 is 30.8 Å². The van der Waals surface area contributed by atoms with Gasteiger partial charge >= 0.3 is 7.60 Å². The molecule has 0 saturated heterocycles. The molecule has 0 spiro atoms. The molecule has 0 aromatic rings. The van der Waals surface area contributed by atoms with Crippen molar-refractivity contribution in [3.05, 3.63) is 0 Å². The Morgan fingerprint density at radius 3 is 2.40 bits per heavy atom. The summed E-state index contributed by atoms with van der Waals surface area (Å²) in [4.78, 5) is 8.84. The van der Waals surface area contributed by atoms with Gasteiger partial charge in [-0.25, -0.2) is 0 Å². The lowest BCUT2D eigenvalue weighted by Crippen LogP contribution is -1.98. The Labute approximate surface area is 69.8 Å². The minimum Gasteiger partial charge on any atom is -0.324 e. The third-order valence-corrected chi connectivity index (χ3v) is 2.72. The van der Waals surface area contributed by atoms with Crippen molar-refractivity contribution in [2.24, 2.45) is 0 Å². The second kappa shape index (κ2) is 5.39. The molecule has 0 fully saturated rings. The maximum absolute atomic E-state index is 10.8. The maximum atomic E-state index is 10.8. The van der Waals surface area contributed by atoms with Crippen molar-refractivity contribution < 1.29 is 14.0 Å². The van der Waals surface area contributed by atoms with Gasteiger partial charge < -0.3 is 9.42 Å². The van der Waals surface area contributed by atoms with Crippen molar-refractivity contribution in [1.29, 1.82) is 0 Å². The first kappa shape index (κ1) is 10.7. The fraction of sp³-hybridized carbons (Fsp3) is 1.00. The highest BCUT2D eigenvalue weighted by molar-refractivity contribution is 7.52. The molecule has 0 amide bonds. The minimum absolute atomic E-state index is 0.0224. The smallest absolute Gasteiger partial charge is 0.324 e. The number of rotatable bonds is 5. The van der Waals surface area contributed by atoms with Crippen LogP contribution in [0.1, 0.15) is 0 Å². The Kier molecular flexibility index (Phi) is 5.78. The third-order valence-electron chi connectivity index (χ3n) is 0.737. The van der Waals surface area contributed by atoms with E-state index >= 15 is 0 Å². The molecular formula is C4H9Cl2O3P. The summed E-state index contributed by atoms with van der Waals surface area (Å²) in [6.45, 7) is 0.0895. The molecule has 0 saturated carbocycles. The number of hydrogen-bond acceptors (Lipinski definition) is 2. The van der Waals surface area contributed by atoms with Crippen LogP contribution in [0.4, 0.5) is 0 Å². The van der Waals surface area contributed by atoms with Crippen LogP contribution in [0.3, 0.4) is 0 Å². The Balaban J connectivity index is 3.53. The van der Waals surface area contributed by atoms with E-state index < -0.39 is 7.60 Å². The van der Waals surface area contributed by atoms with E-state index in [1.165, 1.54) is 0 Å². The molecule has 0 radical (unpaired) electrons. The average molecular weight is 207 g/mol. The standard InChI is InChI=1S/C4H9Cl2O3P/c5-1-3-9-10(7,8)4-2-6/h1-4H2,(H,7,8). The Morgan fingerprint density at radius 2 is 2.00 bits per heavy atom. The van der Waals surface area contributed by atoms with Gasteiger partial charge in [0, 0.05) is 11.8 Å². The topological polar surface area (TPSA) is 46.5 Å². The Morgan fingerprint density at radius 1 is 1.40 bits per heavy atom. The lowest BCUT2D eigenvalue weighted by atomic mass is 10.9. The molecule has 3 nitrogen and oxygen atoms in total. The van der Waals surface area contributed by atoms with Gasteiger partial charge in [0.15, 0.2) is 0 Å².